The van der Waals surface area contributed by atoms with Gasteiger partial charge in [0.05, 0.1) is 0 Å². The fraction of sp³-hybridized carbons (Fsp3) is 0.643. The van der Waals surface area contributed by atoms with Gasteiger partial charge in [0.2, 0.25) is 0 Å². The number of hydrogen-bond acceptors (Lipinski definition) is 2. The average molecular weight is 299 g/mol. The second-order valence-electron chi connectivity index (χ2n) is 4.85. The smallest absolute Gasteiger partial charge is 0.0410 e. The summed E-state index contributed by atoms with van der Waals surface area (Å²) >= 11 is 3.47. The Kier molecular flexibility index (Phi) is 6.14. The van der Waals surface area contributed by atoms with Gasteiger partial charge in [0.1, 0.15) is 0 Å². The van der Waals surface area contributed by atoms with Crippen molar-refractivity contribution in [3.8, 4) is 0 Å². The lowest BCUT2D eigenvalue weighted by atomic mass is 9.75. The van der Waals surface area contributed by atoms with Crippen LogP contribution < -0.4 is 5.73 Å². The van der Waals surface area contributed by atoms with Crippen LogP contribution in [0.4, 0.5) is 0 Å². The molecule has 0 amide bonds. The van der Waals surface area contributed by atoms with Crippen molar-refractivity contribution in [1.82, 2.24) is 4.98 Å². The van der Waals surface area contributed by atoms with Gasteiger partial charge in [0.25, 0.3) is 0 Å². The molecule has 0 aliphatic rings. The number of nitrogens with zero attached hydrogens (tertiary/aromatic N) is 1. The van der Waals surface area contributed by atoms with Gasteiger partial charge in [0, 0.05) is 16.9 Å². The normalized spacial score (nSPS) is 14.6. The number of aromatic nitrogens is 1. The summed E-state index contributed by atoms with van der Waals surface area (Å²) in [5.74, 6) is 0. The van der Waals surface area contributed by atoms with Gasteiger partial charge < -0.3 is 5.73 Å². The molecule has 3 heteroatoms. The Labute approximate surface area is 113 Å². The first-order chi connectivity index (χ1) is 8.15. The number of halogens is 1. The fourth-order valence-electron chi connectivity index (χ4n) is 2.25. The molecule has 0 saturated carbocycles. The van der Waals surface area contributed by atoms with E-state index in [1.54, 1.807) is 0 Å². The van der Waals surface area contributed by atoms with Gasteiger partial charge in [-0.05, 0) is 58.8 Å². The molecule has 17 heavy (non-hydrogen) atoms. The minimum absolute atomic E-state index is 0.248. The second kappa shape index (κ2) is 7.12. The van der Waals surface area contributed by atoms with Crippen LogP contribution in [0, 0.1) is 5.41 Å². The van der Waals surface area contributed by atoms with Crippen molar-refractivity contribution in [2.24, 2.45) is 11.1 Å². The fourth-order valence-corrected chi connectivity index (χ4v) is 2.66. The molecule has 0 aliphatic heterocycles. The Morgan fingerprint density at radius 3 is 2.65 bits per heavy atom. The van der Waals surface area contributed by atoms with Crippen molar-refractivity contribution in [3.05, 3.63) is 28.5 Å². The van der Waals surface area contributed by atoms with Crippen LogP contribution >= 0.6 is 15.9 Å². The van der Waals surface area contributed by atoms with Crippen LogP contribution in [0.3, 0.4) is 0 Å². The molecule has 1 unspecified atom stereocenters. The Morgan fingerprint density at radius 2 is 2.12 bits per heavy atom. The van der Waals surface area contributed by atoms with Gasteiger partial charge in [-0.25, -0.2) is 0 Å². The monoisotopic (exact) mass is 298 g/mol. The summed E-state index contributed by atoms with van der Waals surface area (Å²) in [5.41, 5.74) is 7.54. The number of hydrogen-bond donors (Lipinski definition) is 1. The SMILES string of the molecule is CCCCC(CC)(CN)Cc1cncc(Br)c1. The van der Waals surface area contributed by atoms with E-state index in [4.69, 9.17) is 5.73 Å². The third kappa shape index (κ3) is 4.40. The first kappa shape index (κ1) is 14.7. The summed E-state index contributed by atoms with van der Waals surface area (Å²) in [5, 5.41) is 0. The lowest BCUT2D eigenvalue weighted by Gasteiger charge is -2.31. The van der Waals surface area contributed by atoms with E-state index in [0.717, 1.165) is 23.9 Å². The largest absolute Gasteiger partial charge is 0.330 e. The van der Waals surface area contributed by atoms with Gasteiger partial charge in [-0.15, -0.1) is 0 Å². The summed E-state index contributed by atoms with van der Waals surface area (Å²) < 4.78 is 1.05. The van der Waals surface area contributed by atoms with Crippen LogP contribution in [-0.2, 0) is 6.42 Å². The summed E-state index contributed by atoms with van der Waals surface area (Å²) in [6.07, 6.45) is 9.65. The molecule has 0 spiro atoms. The number of nitrogens with two attached hydrogens (primary N) is 1. The maximum Gasteiger partial charge on any atom is 0.0410 e. The molecule has 0 saturated heterocycles. The second-order valence-corrected chi connectivity index (χ2v) is 5.77. The van der Waals surface area contributed by atoms with E-state index in [9.17, 15) is 0 Å². The third-order valence-corrected chi connectivity index (χ3v) is 4.02. The topological polar surface area (TPSA) is 38.9 Å². The van der Waals surface area contributed by atoms with E-state index in [-0.39, 0.29) is 5.41 Å². The highest BCUT2D eigenvalue weighted by Crippen LogP contribution is 2.32. The van der Waals surface area contributed by atoms with Crippen LogP contribution in [0.1, 0.15) is 45.1 Å². The van der Waals surface area contributed by atoms with Gasteiger partial charge in [-0.3, -0.25) is 4.98 Å². The standard InChI is InChI=1S/C14H23BrN2/c1-3-5-6-14(4-2,11-16)8-12-7-13(15)10-17-9-12/h7,9-10H,3-6,8,11,16H2,1-2H3. The molecule has 1 heterocycles. The van der Waals surface area contributed by atoms with Gasteiger partial charge in [-0.1, -0.05) is 26.7 Å². The predicted molar refractivity (Wildman–Crippen MR) is 76.9 cm³/mol. The molecular formula is C14H23BrN2. The van der Waals surface area contributed by atoms with E-state index >= 15 is 0 Å². The number of rotatable bonds is 7. The zero-order valence-electron chi connectivity index (χ0n) is 10.9. The summed E-state index contributed by atoms with van der Waals surface area (Å²) in [4.78, 5) is 4.23. The molecule has 0 radical (unpaired) electrons. The minimum Gasteiger partial charge on any atom is -0.330 e. The Bertz CT molecular complexity index is 335. The van der Waals surface area contributed by atoms with Gasteiger partial charge in [0.15, 0.2) is 0 Å². The first-order valence-electron chi connectivity index (χ1n) is 6.45. The van der Waals surface area contributed by atoms with Crippen LogP contribution in [0.25, 0.3) is 0 Å². The van der Waals surface area contributed by atoms with Crippen LogP contribution in [0.2, 0.25) is 0 Å². The third-order valence-electron chi connectivity index (χ3n) is 3.58. The summed E-state index contributed by atoms with van der Waals surface area (Å²) in [6.45, 7) is 5.24. The highest BCUT2D eigenvalue weighted by molar-refractivity contribution is 9.10. The van der Waals surface area contributed by atoms with E-state index in [1.165, 1.54) is 24.8 Å². The molecule has 1 aromatic rings. The lowest BCUT2D eigenvalue weighted by Crippen LogP contribution is -2.32. The van der Waals surface area contributed by atoms with Crippen LogP contribution in [-0.4, -0.2) is 11.5 Å². The van der Waals surface area contributed by atoms with Crippen LogP contribution in [0.15, 0.2) is 22.9 Å². The van der Waals surface area contributed by atoms with Crippen molar-refractivity contribution in [2.45, 2.75) is 46.0 Å². The predicted octanol–water partition coefficient (Wildman–Crippen LogP) is 3.93. The van der Waals surface area contributed by atoms with Crippen molar-refractivity contribution in [1.29, 1.82) is 0 Å². The quantitative estimate of drug-likeness (QED) is 0.828. The zero-order valence-corrected chi connectivity index (χ0v) is 12.5. The molecule has 1 rings (SSSR count). The molecule has 0 fully saturated rings. The average Bonchev–Trinajstić information content (AvgIpc) is 2.35. The molecule has 1 atom stereocenters. The van der Waals surface area contributed by atoms with Crippen molar-refractivity contribution in [2.75, 3.05) is 6.54 Å². The van der Waals surface area contributed by atoms with E-state index in [0.29, 0.717) is 0 Å². The van der Waals surface area contributed by atoms with Crippen molar-refractivity contribution < 1.29 is 0 Å². The first-order valence-corrected chi connectivity index (χ1v) is 7.24. The van der Waals surface area contributed by atoms with Crippen LogP contribution in [0.5, 0.6) is 0 Å². The zero-order chi connectivity index (χ0) is 12.7. The lowest BCUT2D eigenvalue weighted by molar-refractivity contribution is 0.251. The molecule has 0 aromatic carbocycles. The van der Waals surface area contributed by atoms with E-state index in [2.05, 4.69) is 40.8 Å². The Morgan fingerprint density at radius 1 is 1.35 bits per heavy atom. The van der Waals surface area contributed by atoms with E-state index in [1.807, 2.05) is 12.4 Å². The van der Waals surface area contributed by atoms with E-state index < -0.39 is 0 Å². The molecule has 1 aromatic heterocycles. The highest BCUT2D eigenvalue weighted by Gasteiger charge is 2.26. The van der Waals surface area contributed by atoms with Gasteiger partial charge >= 0.3 is 0 Å². The molecular weight excluding hydrogens is 276 g/mol. The summed E-state index contributed by atoms with van der Waals surface area (Å²) in [7, 11) is 0. The molecule has 2 N–H and O–H groups in total. The Hall–Kier alpha value is -0.410. The maximum atomic E-state index is 6.01. The maximum absolute atomic E-state index is 6.01. The minimum atomic E-state index is 0.248. The highest BCUT2D eigenvalue weighted by atomic mass is 79.9. The number of pyridine rings is 1. The van der Waals surface area contributed by atoms with Crippen molar-refractivity contribution in [3.63, 3.8) is 0 Å². The van der Waals surface area contributed by atoms with Crippen molar-refractivity contribution >= 4 is 15.9 Å². The van der Waals surface area contributed by atoms with Gasteiger partial charge in [-0.2, -0.15) is 0 Å². The molecule has 2 nitrogen and oxygen atoms in total. The molecule has 0 bridgehead atoms. The number of unbranched alkanes of at least 4 members (excludes halogenated alkanes) is 1. The summed E-state index contributed by atoms with van der Waals surface area (Å²) in [6, 6.07) is 2.15. The molecule has 0 aliphatic carbocycles. The molecule has 96 valence electrons. The Balaban J connectivity index is 2.78.